The van der Waals surface area contributed by atoms with Gasteiger partial charge in [0.2, 0.25) is 0 Å². The van der Waals surface area contributed by atoms with E-state index in [4.69, 9.17) is 27.4 Å². The van der Waals surface area contributed by atoms with Gasteiger partial charge in [0.1, 0.15) is 0 Å². The third-order valence-electron chi connectivity index (χ3n) is 2.88. The van der Waals surface area contributed by atoms with Crippen LogP contribution in [0.15, 0.2) is 0 Å². The summed E-state index contributed by atoms with van der Waals surface area (Å²) < 4.78 is 36.8. The fourth-order valence-electron chi connectivity index (χ4n) is 1.86. The van der Waals surface area contributed by atoms with Crippen LogP contribution in [-0.2, 0) is 15.1 Å². The number of hydrogen-bond acceptors (Lipinski definition) is 4. The van der Waals surface area contributed by atoms with E-state index in [1.807, 2.05) is 0 Å². The number of hydrogen-bond donors (Lipinski definition) is 3. The van der Waals surface area contributed by atoms with Gasteiger partial charge in [0, 0.05) is 6.61 Å². The van der Waals surface area contributed by atoms with Crippen molar-refractivity contribution in [3.8, 4) is 0 Å². The Morgan fingerprint density at radius 1 is 0.773 bits per heavy atom. The SMILES string of the molecule is CCCCCCCCCCCCOCCO.O=S(=O)(O)O.[NaH]. The van der Waals surface area contributed by atoms with Crippen molar-refractivity contribution in [3.05, 3.63) is 0 Å². The number of ether oxygens (including phenoxy) is 1. The van der Waals surface area contributed by atoms with Gasteiger partial charge in [-0.3, -0.25) is 9.11 Å². The van der Waals surface area contributed by atoms with Crippen molar-refractivity contribution in [2.75, 3.05) is 19.8 Å². The average Bonchev–Trinajstić information content (AvgIpc) is 2.38. The summed E-state index contributed by atoms with van der Waals surface area (Å²) in [6.07, 6.45) is 13.6. The molecule has 0 radical (unpaired) electrons. The van der Waals surface area contributed by atoms with Crippen LogP contribution in [0.25, 0.3) is 0 Å². The Morgan fingerprint density at radius 2 is 1.14 bits per heavy atom. The first-order valence-electron chi connectivity index (χ1n) is 7.80. The molecule has 0 amide bonds. The van der Waals surface area contributed by atoms with E-state index in [0.717, 1.165) is 13.0 Å². The summed E-state index contributed by atoms with van der Waals surface area (Å²) in [5.41, 5.74) is 0. The van der Waals surface area contributed by atoms with Crippen molar-refractivity contribution in [2.45, 2.75) is 71.1 Å². The first-order valence-corrected chi connectivity index (χ1v) is 9.20. The molecule has 0 spiro atoms. The van der Waals surface area contributed by atoms with Crippen molar-refractivity contribution in [1.29, 1.82) is 0 Å². The predicted molar refractivity (Wildman–Crippen MR) is 91.1 cm³/mol. The topological polar surface area (TPSA) is 104 Å². The van der Waals surface area contributed by atoms with E-state index in [9.17, 15) is 0 Å². The van der Waals surface area contributed by atoms with E-state index in [1.165, 1.54) is 57.8 Å². The van der Waals surface area contributed by atoms with Crippen LogP contribution in [0.4, 0.5) is 0 Å². The molecule has 0 fully saturated rings. The summed E-state index contributed by atoms with van der Waals surface area (Å²) in [5, 5.41) is 8.50. The van der Waals surface area contributed by atoms with Crippen LogP contribution < -0.4 is 0 Å². The summed E-state index contributed by atoms with van der Waals surface area (Å²) in [5.74, 6) is 0. The van der Waals surface area contributed by atoms with Crippen molar-refractivity contribution in [3.63, 3.8) is 0 Å². The Labute approximate surface area is 157 Å². The van der Waals surface area contributed by atoms with Gasteiger partial charge in [0.05, 0.1) is 13.2 Å². The molecule has 0 saturated carbocycles. The minimum atomic E-state index is -4.67. The van der Waals surface area contributed by atoms with E-state index in [1.54, 1.807) is 0 Å². The monoisotopic (exact) mass is 352 g/mol. The number of unbranched alkanes of at least 4 members (excludes halogenated alkanes) is 9. The Morgan fingerprint density at radius 3 is 1.50 bits per heavy atom. The zero-order valence-electron chi connectivity index (χ0n) is 13.2. The molecule has 0 aromatic rings. The Kier molecular flexibility index (Phi) is 27.4. The molecule has 0 saturated heterocycles. The van der Waals surface area contributed by atoms with Crippen molar-refractivity contribution < 1.29 is 27.4 Å². The maximum atomic E-state index is 8.74. The quantitative estimate of drug-likeness (QED) is 0.267. The van der Waals surface area contributed by atoms with Gasteiger partial charge in [-0.15, -0.1) is 0 Å². The molecular formula is C14H33NaO6S. The van der Waals surface area contributed by atoms with E-state index >= 15 is 0 Å². The van der Waals surface area contributed by atoms with Crippen LogP contribution in [0.2, 0.25) is 0 Å². The third-order valence-corrected chi connectivity index (χ3v) is 2.88. The molecule has 8 heteroatoms. The molecule has 0 rings (SSSR count). The second kappa shape index (κ2) is 21.8. The van der Waals surface area contributed by atoms with Crippen molar-refractivity contribution in [2.24, 2.45) is 0 Å². The first-order chi connectivity index (χ1) is 9.91. The van der Waals surface area contributed by atoms with E-state index in [-0.39, 0.29) is 36.2 Å². The van der Waals surface area contributed by atoms with Crippen molar-refractivity contribution in [1.82, 2.24) is 0 Å². The van der Waals surface area contributed by atoms with E-state index in [2.05, 4.69) is 6.92 Å². The predicted octanol–water partition coefficient (Wildman–Crippen LogP) is 2.61. The average molecular weight is 352 g/mol. The van der Waals surface area contributed by atoms with Gasteiger partial charge in [-0.1, -0.05) is 64.7 Å². The van der Waals surface area contributed by atoms with Gasteiger partial charge in [0.15, 0.2) is 0 Å². The molecule has 0 atom stereocenters. The second-order valence-electron chi connectivity index (χ2n) is 4.97. The summed E-state index contributed by atoms with van der Waals surface area (Å²) in [6.45, 7) is 3.73. The summed E-state index contributed by atoms with van der Waals surface area (Å²) in [7, 11) is -4.67. The molecule has 0 aromatic carbocycles. The molecule has 0 aliphatic carbocycles. The van der Waals surface area contributed by atoms with Gasteiger partial charge >= 0.3 is 40.0 Å². The van der Waals surface area contributed by atoms with Gasteiger partial charge in [0.25, 0.3) is 0 Å². The standard InChI is InChI=1S/C14H30O2.Na.H2O4S.H/c1-2-3-4-5-6-7-8-9-10-11-13-16-14-12-15;;1-5(2,3)4;/h15H,2-14H2,1H3;;(H2,1,2,3,4);. The van der Waals surface area contributed by atoms with E-state index < -0.39 is 10.4 Å². The Bertz CT molecular complexity index is 263. The van der Waals surface area contributed by atoms with Crippen LogP contribution in [0, 0.1) is 0 Å². The first kappa shape index (κ1) is 27.6. The maximum absolute atomic E-state index is 8.74. The fourth-order valence-corrected chi connectivity index (χ4v) is 1.86. The van der Waals surface area contributed by atoms with Gasteiger partial charge in [-0.05, 0) is 6.42 Å². The van der Waals surface area contributed by atoms with Crippen LogP contribution in [0.3, 0.4) is 0 Å². The van der Waals surface area contributed by atoms with Gasteiger partial charge < -0.3 is 9.84 Å². The Balaban J connectivity index is -0.000000520. The number of rotatable bonds is 13. The molecule has 0 unspecified atom stereocenters. The van der Waals surface area contributed by atoms with E-state index in [0.29, 0.717) is 6.61 Å². The van der Waals surface area contributed by atoms with Crippen LogP contribution in [0.1, 0.15) is 71.1 Å². The fraction of sp³-hybridized carbons (Fsp3) is 1.00. The second-order valence-corrected chi connectivity index (χ2v) is 5.86. The molecule has 0 heterocycles. The molecule has 22 heavy (non-hydrogen) atoms. The minimum absolute atomic E-state index is 0. The molecule has 6 nitrogen and oxygen atoms in total. The van der Waals surface area contributed by atoms with Gasteiger partial charge in [-0.25, -0.2) is 0 Å². The Hall–Kier alpha value is 0.790. The number of aliphatic hydroxyl groups excluding tert-OH is 1. The third kappa shape index (κ3) is 42.8. The summed E-state index contributed by atoms with van der Waals surface area (Å²) in [6, 6.07) is 0. The number of aliphatic hydroxyl groups is 1. The van der Waals surface area contributed by atoms with Crippen molar-refractivity contribution >= 4 is 40.0 Å². The van der Waals surface area contributed by atoms with Crippen LogP contribution in [0.5, 0.6) is 0 Å². The molecule has 0 aliphatic heterocycles. The normalized spacial score (nSPS) is 10.5. The molecule has 0 aromatic heterocycles. The molecule has 0 bridgehead atoms. The summed E-state index contributed by atoms with van der Waals surface area (Å²) in [4.78, 5) is 0. The molecule has 0 aliphatic rings. The van der Waals surface area contributed by atoms with Crippen LogP contribution in [-0.4, -0.2) is 72.0 Å². The van der Waals surface area contributed by atoms with Gasteiger partial charge in [-0.2, -0.15) is 8.42 Å². The molecular weight excluding hydrogens is 319 g/mol. The zero-order valence-corrected chi connectivity index (χ0v) is 14.0. The molecule has 132 valence electrons. The summed E-state index contributed by atoms with van der Waals surface area (Å²) >= 11 is 0. The molecule has 3 N–H and O–H groups in total. The zero-order chi connectivity index (χ0) is 16.4. The van der Waals surface area contributed by atoms with Crippen LogP contribution >= 0.6 is 0 Å².